The summed E-state index contributed by atoms with van der Waals surface area (Å²) >= 11 is 0. The highest BCUT2D eigenvalue weighted by molar-refractivity contribution is 4.78. The average molecular weight is 1240 g/mol. The van der Waals surface area contributed by atoms with Crippen LogP contribution in [0.3, 0.4) is 0 Å². The first kappa shape index (κ1) is 91.9. The summed E-state index contributed by atoms with van der Waals surface area (Å²) in [6.45, 7) is 8.95. The van der Waals surface area contributed by atoms with Gasteiger partial charge in [-0.1, -0.05) is 355 Å². The van der Waals surface area contributed by atoms with Crippen LogP contribution in [0.25, 0.3) is 0 Å². The van der Waals surface area contributed by atoms with Gasteiger partial charge in [0.05, 0.1) is 81.1 Å². The van der Waals surface area contributed by atoms with E-state index in [4.69, 9.17) is 43.0 Å². The Morgan fingerprint density at radius 1 is 0.233 bits per heavy atom. The van der Waals surface area contributed by atoms with Crippen molar-refractivity contribution < 1.29 is 45.6 Å². The molecule has 0 aromatic carbocycles. The maximum absolute atomic E-state index is 9.82. The summed E-state index contributed by atoms with van der Waals surface area (Å²) < 4.78 is 4.96. The largest absolute Gasteiger partial charge is 0.395 e. The summed E-state index contributed by atoms with van der Waals surface area (Å²) in [5.74, 6) is 0. The Bertz CT molecular complexity index is 1140. The third-order valence-electron chi connectivity index (χ3n) is 17.5. The number of methoxy groups -OCH3 is 1. The Labute approximate surface area is 535 Å². The molecule has 524 valence electrons. The lowest BCUT2D eigenvalue weighted by Gasteiger charge is -2.22. The van der Waals surface area contributed by atoms with E-state index >= 15 is 0 Å². The van der Waals surface area contributed by atoms with Gasteiger partial charge in [-0.15, -0.1) is 0 Å². The van der Waals surface area contributed by atoms with E-state index in [1.807, 2.05) is 0 Å². The van der Waals surface area contributed by atoms with E-state index in [0.29, 0.717) is 13.0 Å². The van der Waals surface area contributed by atoms with Crippen LogP contribution < -0.4 is 22.9 Å². The van der Waals surface area contributed by atoms with Crippen LogP contribution in [-0.2, 0) is 4.74 Å². The van der Waals surface area contributed by atoms with Gasteiger partial charge < -0.3 is 68.5 Å². The van der Waals surface area contributed by atoms with Gasteiger partial charge in [0, 0.05) is 7.11 Å². The molecular formula is C73H158N4O9. The molecule has 9 unspecified atom stereocenters. The van der Waals surface area contributed by atoms with Gasteiger partial charge in [-0.3, -0.25) is 0 Å². The van der Waals surface area contributed by atoms with Crippen LogP contribution in [0, 0.1) is 0 Å². The number of hydrogen-bond acceptors (Lipinski definition) is 13. The van der Waals surface area contributed by atoms with Gasteiger partial charge in [-0.05, 0) is 25.7 Å². The Kier molecular flexibility index (Phi) is 84.1. The number of rotatable bonds is 65. The van der Waals surface area contributed by atoms with Crippen LogP contribution in [0.2, 0.25) is 0 Å². The highest BCUT2D eigenvalue weighted by Gasteiger charge is 2.22. The van der Waals surface area contributed by atoms with Gasteiger partial charge in [0.25, 0.3) is 0 Å². The molecule has 0 heterocycles. The average Bonchev–Trinajstić information content (AvgIpc) is 3.55. The van der Waals surface area contributed by atoms with Crippen molar-refractivity contribution in [3.05, 3.63) is 0 Å². The number of aliphatic hydroxyl groups is 8. The second kappa shape index (κ2) is 78.7. The van der Waals surface area contributed by atoms with E-state index in [-0.39, 0.29) is 25.9 Å². The quantitative estimate of drug-likeness (QED) is 0.0253. The number of nitrogens with two attached hydrogens (primary N) is 4. The van der Waals surface area contributed by atoms with Crippen LogP contribution in [0.15, 0.2) is 0 Å². The summed E-state index contributed by atoms with van der Waals surface area (Å²) in [6.07, 6.45) is 67.1. The van der Waals surface area contributed by atoms with Crippen molar-refractivity contribution in [2.75, 3.05) is 33.5 Å². The molecular weight excluding hydrogens is 1080 g/mol. The fraction of sp³-hybridized carbons (Fsp3) is 1.00. The Balaban J connectivity index is -0.000000521. The molecule has 0 amide bonds. The SMILES string of the molecule is CCCCCCCCCCCCCCC(O)C(O)C(N)CO.CCCCCCCCCCCCCCCC(O)C(N)CO.CCCCCCCCCCCCCCCC(O)C(N)CO.CCCCCCCCCCCCCCCC(O)C(N)COC. The lowest BCUT2D eigenvalue weighted by atomic mass is 10.00. The Hall–Kier alpha value is -0.520. The Morgan fingerprint density at radius 3 is 0.570 bits per heavy atom. The molecule has 0 radical (unpaired) electrons. The summed E-state index contributed by atoms with van der Waals surface area (Å²) in [4.78, 5) is 0. The lowest BCUT2D eigenvalue weighted by molar-refractivity contribution is -0.0121. The zero-order chi connectivity index (χ0) is 64.6. The van der Waals surface area contributed by atoms with Crippen LogP contribution >= 0.6 is 0 Å². The molecule has 13 heteroatoms. The van der Waals surface area contributed by atoms with Crippen molar-refractivity contribution in [1.29, 1.82) is 0 Å². The van der Waals surface area contributed by atoms with Crippen molar-refractivity contribution in [2.45, 2.75) is 436 Å². The Morgan fingerprint density at radius 2 is 0.395 bits per heavy atom. The molecule has 0 saturated carbocycles. The van der Waals surface area contributed by atoms with Crippen LogP contribution in [0.5, 0.6) is 0 Å². The molecule has 0 aromatic heterocycles. The molecule has 0 spiro atoms. The van der Waals surface area contributed by atoms with Crippen LogP contribution in [0.4, 0.5) is 0 Å². The third-order valence-corrected chi connectivity index (χ3v) is 17.5. The highest BCUT2D eigenvalue weighted by Crippen LogP contribution is 2.19. The molecule has 0 fully saturated rings. The molecule has 0 aliphatic heterocycles. The zero-order valence-electron chi connectivity index (χ0n) is 58.2. The van der Waals surface area contributed by atoms with E-state index in [2.05, 4.69) is 27.7 Å². The van der Waals surface area contributed by atoms with Crippen molar-refractivity contribution in [3.63, 3.8) is 0 Å². The summed E-state index contributed by atoms with van der Waals surface area (Å²) in [5, 5.41) is 74.9. The van der Waals surface area contributed by atoms with Gasteiger partial charge in [0.1, 0.15) is 0 Å². The van der Waals surface area contributed by atoms with E-state index in [9.17, 15) is 25.5 Å². The van der Waals surface area contributed by atoms with Gasteiger partial charge in [-0.2, -0.15) is 0 Å². The topological polar surface area (TPSA) is 275 Å². The minimum Gasteiger partial charge on any atom is -0.395 e. The number of unbranched alkanes of at least 4 members (excludes halogenated alkanes) is 47. The summed E-state index contributed by atoms with van der Waals surface area (Å²) in [7, 11) is 1.62. The van der Waals surface area contributed by atoms with Gasteiger partial charge >= 0.3 is 0 Å². The van der Waals surface area contributed by atoms with Crippen LogP contribution in [-0.4, -0.2) is 129 Å². The van der Waals surface area contributed by atoms with E-state index in [1.165, 1.54) is 295 Å². The molecule has 0 rings (SSSR count). The maximum atomic E-state index is 9.82. The van der Waals surface area contributed by atoms with Gasteiger partial charge in [0.2, 0.25) is 0 Å². The fourth-order valence-electron chi connectivity index (χ4n) is 11.1. The standard InChI is InChI=1S/C19H41NO2.C18H39NO3.2C18H39NO2/c1-3-4-5-6-7-8-9-10-11-12-13-14-15-16-19(21)18(20)17-22-2;1-2-3-4-5-6-7-8-9-10-11-12-13-14-17(21)18(22)16(19)15-20;2*1-2-3-4-5-6-7-8-9-10-11-12-13-14-15-18(21)17(19)16-20/h18-19,21H,3-17,20H2,1-2H3;16-18,20-22H,2-15,19H2,1H3;2*17-18,20-21H,2-16,19H2,1H3. The monoisotopic (exact) mass is 1240 g/mol. The molecule has 86 heavy (non-hydrogen) atoms. The lowest BCUT2D eigenvalue weighted by Crippen LogP contribution is -2.45. The molecule has 13 nitrogen and oxygen atoms in total. The first-order valence-corrected chi connectivity index (χ1v) is 37.5. The number of aliphatic hydroxyl groups excluding tert-OH is 8. The van der Waals surface area contributed by atoms with E-state index in [0.717, 1.165) is 51.4 Å². The second-order valence-corrected chi connectivity index (χ2v) is 26.2. The summed E-state index contributed by atoms with van der Waals surface area (Å²) in [6, 6.07) is -1.92. The molecule has 16 N–H and O–H groups in total. The minimum atomic E-state index is -1.02. The molecule has 0 aromatic rings. The molecule has 0 saturated heterocycles. The minimum absolute atomic E-state index is 0.125. The predicted molar refractivity (Wildman–Crippen MR) is 372 cm³/mol. The highest BCUT2D eigenvalue weighted by atomic mass is 16.5. The fourth-order valence-corrected chi connectivity index (χ4v) is 11.1. The smallest absolute Gasteiger partial charge is 0.0971 e. The first-order valence-electron chi connectivity index (χ1n) is 37.5. The maximum Gasteiger partial charge on any atom is 0.0971 e. The molecule has 9 atom stereocenters. The third kappa shape index (κ3) is 74.2. The summed E-state index contributed by atoms with van der Waals surface area (Å²) in [5.41, 5.74) is 22.4. The zero-order valence-corrected chi connectivity index (χ0v) is 58.2. The molecule has 0 aliphatic carbocycles. The molecule has 0 bridgehead atoms. The van der Waals surface area contributed by atoms with Gasteiger partial charge in [-0.25, -0.2) is 0 Å². The second-order valence-electron chi connectivity index (χ2n) is 26.2. The number of hydrogen-bond donors (Lipinski definition) is 12. The molecule has 0 aliphatic rings. The normalized spacial score (nSPS) is 14.6. The van der Waals surface area contributed by atoms with Crippen molar-refractivity contribution in [2.24, 2.45) is 22.9 Å². The van der Waals surface area contributed by atoms with Gasteiger partial charge in [0.15, 0.2) is 0 Å². The first-order chi connectivity index (χ1) is 41.8. The van der Waals surface area contributed by atoms with Crippen LogP contribution in [0.1, 0.15) is 381 Å². The van der Waals surface area contributed by atoms with Crippen molar-refractivity contribution >= 4 is 0 Å². The van der Waals surface area contributed by atoms with E-state index < -0.39 is 48.6 Å². The van der Waals surface area contributed by atoms with Crippen molar-refractivity contribution in [1.82, 2.24) is 0 Å². The van der Waals surface area contributed by atoms with Crippen molar-refractivity contribution in [3.8, 4) is 0 Å². The predicted octanol–water partition coefficient (Wildman–Crippen LogP) is 16.2. The van der Waals surface area contributed by atoms with E-state index in [1.54, 1.807) is 7.11 Å². The number of ether oxygens (including phenoxy) is 1.